The van der Waals surface area contributed by atoms with Crippen LogP contribution in [0.2, 0.25) is 0 Å². The van der Waals surface area contributed by atoms with Crippen LogP contribution in [0, 0.1) is 5.92 Å². The van der Waals surface area contributed by atoms with E-state index in [4.69, 9.17) is 14.5 Å². The molecule has 0 aromatic rings. The van der Waals surface area contributed by atoms with Gasteiger partial charge in [0.1, 0.15) is 14.0 Å². The number of aliphatic hydroxyl groups excluding tert-OH is 1. The van der Waals surface area contributed by atoms with Gasteiger partial charge in [-0.2, -0.15) is 0 Å². The zero-order valence-electron chi connectivity index (χ0n) is 11.6. The van der Waals surface area contributed by atoms with E-state index < -0.39 is 19.8 Å². The van der Waals surface area contributed by atoms with Crippen molar-refractivity contribution in [2.45, 2.75) is 31.1 Å². The first kappa shape index (κ1) is 16.9. The number of rotatable bonds is 6. The Morgan fingerprint density at radius 3 is 2.58 bits per heavy atom. The molecule has 0 bridgehead atoms. The molecular formula is C11H23BNO5P. The Morgan fingerprint density at radius 2 is 2.05 bits per heavy atom. The topological polar surface area (TPSA) is 90.2 Å². The van der Waals surface area contributed by atoms with Crippen molar-refractivity contribution in [2.75, 3.05) is 20.6 Å². The molecule has 0 aromatic heterocycles. The zero-order chi connectivity index (χ0) is 14.6. The van der Waals surface area contributed by atoms with Crippen LogP contribution in [0.15, 0.2) is 11.9 Å². The number of hydrogen-bond donors (Lipinski definition) is 3. The maximum Gasteiger partial charge on any atom is 0.348 e. The van der Waals surface area contributed by atoms with Crippen molar-refractivity contribution >= 4 is 15.4 Å². The summed E-state index contributed by atoms with van der Waals surface area (Å²) < 4.78 is 16.3. The standard InChI is InChI=1S/C11H23BNO5P/c1-13(2)6-3-4-8-10(14)9(18-11(8)12)5-7-19(15,16)17/h5,7-11,14H,3-4,6,12H2,1-2H3,(H2,15,16,17)/b7-5+/t8?,9-,10?,11-/m1/s1. The summed E-state index contributed by atoms with van der Waals surface area (Å²) in [5, 5.41) is 10.1. The third kappa shape index (κ3) is 5.77. The quantitative estimate of drug-likeness (QED) is 0.445. The highest BCUT2D eigenvalue weighted by Crippen LogP contribution is 2.38. The minimum absolute atomic E-state index is 0.00590. The highest BCUT2D eigenvalue weighted by molar-refractivity contribution is 7.55. The average Bonchev–Trinajstić information content (AvgIpc) is 2.52. The molecule has 0 aromatic carbocycles. The zero-order valence-corrected chi connectivity index (χ0v) is 12.5. The smallest absolute Gasteiger partial charge is 0.348 e. The molecular weight excluding hydrogens is 268 g/mol. The Bertz CT molecular complexity index is 359. The Kier molecular flexibility index (Phi) is 6.24. The van der Waals surface area contributed by atoms with Crippen molar-refractivity contribution in [2.24, 2.45) is 5.92 Å². The van der Waals surface area contributed by atoms with Crippen molar-refractivity contribution < 1.29 is 24.2 Å². The molecule has 1 heterocycles. The molecule has 1 saturated heterocycles. The predicted molar refractivity (Wildman–Crippen MR) is 75.7 cm³/mol. The molecule has 0 radical (unpaired) electrons. The fourth-order valence-corrected chi connectivity index (χ4v) is 2.75. The predicted octanol–water partition coefficient (Wildman–Crippen LogP) is -0.645. The first-order chi connectivity index (χ1) is 8.70. The summed E-state index contributed by atoms with van der Waals surface area (Å²) in [5.74, 6) is 0.807. The third-order valence-corrected chi connectivity index (χ3v) is 3.92. The number of nitrogens with zero attached hydrogens (tertiary/aromatic N) is 1. The molecule has 19 heavy (non-hydrogen) atoms. The first-order valence-electron chi connectivity index (χ1n) is 6.43. The lowest BCUT2D eigenvalue weighted by molar-refractivity contribution is 0.0628. The van der Waals surface area contributed by atoms with Crippen molar-refractivity contribution in [3.05, 3.63) is 11.9 Å². The summed E-state index contributed by atoms with van der Waals surface area (Å²) in [6.07, 6.45) is 1.72. The van der Waals surface area contributed by atoms with E-state index in [0.717, 1.165) is 25.2 Å². The molecule has 0 spiro atoms. The maximum atomic E-state index is 10.8. The van der Waals surface area contributed by atoms with Gasteiger partial charge in [0, 0.05) is 17.7 Å². The van der Waals surface area contributed by atoms with Crippen molar-refractivity contribution in [3.8, 4) is 0 Å². The van der Waals surface area contributed by atoms with E-state index in [-0.39, 0.29) is 11.9 Å². The molecule has 3 N–H and O–H groups in total. The van der Waals surface area contributed by atoms with Gasteiger partial charge in [-0.25, -0.2) is 0 Å². The van der Waals surface area contributed by atoms with Gasteiger partial charge in [-0.15, -0.1) is 0 Å². The van der Waals surface area contributed by atoms with E-state index in [0.29, 0.717) is 0 Å². The molecule has 1 fully saturated rings. The minimum Gasteiger partial charge on any atom is -0.390 e. The molecule has 0 amide bonds. The largest absolute Gasteiger partial charge is 0.390 e. The Morgan fingerprint density at radius 1 is 1.42 bits per heavy atom. The Hall–Kier alpha value is -0.165. The SMILES string of the molecule is B[C@@H]1O[C@H](/C=C/P(=O)(O)O)C(O)C1CCCN(C)C. The Labute approximate surface area is 115 Å². The molecule has 1 rings (SSSR count). The lowest BCUT2D eigenvalue weighted by atomic mass is 9.82. The van der Waals surface area contributed by atoms with Crippen LogP contribution in [0.25, 0.3) is 0 Å². The van der Waals surface area contributed by atoms with E-state index in [9.17, 15) is 9.67 Å². The van der Waals surface area contributed by atoms with Gasteiger partial charge in [-0.3, -0.25) is 4.57 Å². The maximum absolute atomic E-state index is 10.8. The molecule has 0 saturated carbocycles. The van der Waals surface area contributed by atoms with Crippen LogP contribution in [0.5, 0.6) is 0 Å². The average molecular weight is 291 g/mol. The van der Waals surface area contributed by atoms with Crippen LogP contribution in [0.1, 0.15) is 12.8 Å². The third-order valence-electron chi connectivity index (χ3n) is 3.36. The second-order valence-electron chi connectivity index (χ2n) is 5.34. The second kappa shape index (κ2) is 7.02. The van der Waals surface area contributed by atoms with Gasteiger partial charge in [0.25, 0.3) is 0 Å². The molecule has 1 aliphatic rings. The van der Waals surface area contributed by atoms with Crippen LogP contribution < -0.4 is 0 Å². The van der Waals surface area contributed by atoms with E-state index in [1.807, 2.05) is 21.9 Å². The molecule has 4 atom stereocenters. The lowest BCUT2D eigenvalue weighted by Crippen LogP contribution is -2.28. The van der Waals surface area contributed by atoms with E-state index in [1.54, 1.807) is 0 Å². The number of aliphatic hydroxyl groups is 1. The van der Waals surface area contributed by atoms with Gasteiger partial charge < -0.3 is 24.5 Å². The summed E-state index contributed by atoms with van der Waals surface area (Å²) in [4.78, 5) is 19.6. The number of hydrogen-bond acceptors (Lipinski definition) is 4. The second-order valence-corrected chi connectivity index (χ2v) is 6.81. The fourth-order valence-electron chi connectivity index (χ4n) is 2.36. The van der Waals surface area contributed by atoms with Gasteiger partial charge in [0.05, 0.1) is 6.10 Å². The fraction of sp³-hybridized carbons (Fsp3) is 0.818. The van der Waals surface area contributed by atoms with Crippen molar-refractivity contribution in [3.63, 3.8) is 0 Å². The minimum atomic E-state index is -4.20. The normalized spacial score (nSPS) is 32.5. The van der Waals surface area contributed by atoms with E-state index in [2.05, 4.69) is 4.90 Å². The van der Waals surface area contributed by atoms with Crippen molar-refractivity contribution in [1.29, 1.82) is 0 Å². The lowest BCUT2D eigenvalue weighted by Gasteiger charge is -2.18. The summed E-state index contributed by atoms with van der Waals surface area (Å²) in [5.41, 5.74) is 0. The van der Waals surface area contributed by atoms with Crippen LogP contribution >= 0.6 is 7.60 Å². The Balaban J connectivity index is 2.53. The molecule has 6 nitrogen and oxygen atoms in total. The molecule has 1 aliphatic heterocycles. The summed E-state index contributed by atoms with van der Waals surface area (Å²) in [6.45, 7) is 0.943. The van der Waals surface area contributed by atoms with Gasteiger partial charge in [-0.05, 0) is 39.6 Å². The van der Waals surface area contributed by atoms with Crippen LogP contribution in [-0.4, -0.2) is 66.5 Å². The highest BCUT2D eigenvalue weighted by atomic mass is 31.2. The molecule has 0 aliphatic carbocycles. The highest BCUT2D eigenvalue weighted by Gasteiger charge is 2.39. The summed E-state index contributed by atoms with van der Waals surface area (Å²) in [7, 11) is 1.68. The van der Waals surface area contributed by atoms with Crippen LogP contribution in [-0.2, 0) is 9.30 Å². The first-order valence-corrected chi connectivity index (χ1v) is 8.11. The van der Waals surface area contributed by atoms with Gasteiger partial charge in [-0.1, -0.05) is 0 Å². The molecule has 8 heteroatoms. The molecule has 110 valence electrons. The molecule has 2 unspecified atom stereocenters. The summed E-state index contributed by atoms with van der Waals surface area (Å²) >= 11 is 0. The monoisotopic (exact) mass is 291 g/mol. The van der Waals surface area contributed by atoms with E-state index >= 15 is 0 Å². The van der Waals surface area contributed by atoms with Gasteiger partial charge in [0.15, 0.2) is 0 Å². The summed E-state index contributed by atoms with van der Waals surface area (Å²) in [6, 6.07) is -0.108. The van der Waals surface area contributed by atoms with E-state index in [1.165, 1.54) is 6.08 Å². The number of ether oxygens (including phenoxy) is 1. The van der Waals surface area contributed by atoms with Crippen molar-refractivity contribution in [1.82, 2.24) is 4.90 Å². The van der Waals surface area contributed by atoms with Gasteiger partial charge >= 0.3 is 7.60 Å². The van der Waals surface area contributed by atoms with Crippen LogP contribution in [0.3, 0.4) is 0 Å². The van der Waals surface area contributed by atoms with Crippen LogP contribution in [0.4, 0.5) is 0 Å². The van der Waals surface area contributed by atoms with Gasteiger partial charge in [0.2, 0.25) is 0 Å².